The summed E-state index contributed by atoms with van der Waals surface area (Å²) < 4.78 is 6.66. The molecule has 2 nitrogen and oxygen atoms in total. The largest absolute Gasteiger partial charge is 0.404 e. The molecular weight excluding hydrogens is 324 g/mol. The monoisotopic (exact) mass is 354 g/mol. The van der Waals surface area contributed by atoms with Crippen LogP contribution in [0.4, 0.5) is 0 Å². The maximum Gasteiger partial charge on any atom is 0.261 e. The normalized spacial score (nSPS) is 14.0. The van der Waals surface area contributed by atoms with Gasteiger partial charge in [0.2, 0.25) is 0 Å². The van der Waals surface area contributed by atoms with E-state index in [4.69, 9.17) is 4.43 Å². The summed E-state index contributed by atoms with van der Waals surface area (Å²) in [5.41, 5.74) is 0. The van der Waals surface area contributed by atoms with Crippen LogP contribution in [0, 0.1) is 0 Å². The van der Waals surface area contributed by atoms with Crippen molar-refractivity contribution in [1.29, 1.82) is 0 Å². The standard InChI is InChI=1S/C22H30O2Si/c1-5-6-13-19(23)18-24-25(22(2,3)4,20-14-9-7-10-15-20)21-16-11-8-12-17-21/h6-17,19,23H,5,18H2,1-4H3/b13-6+/t19-/m1/s1. The summed E-state index contributed by atoms with van der Waals surface area (Å²) >= 11 is 0. The topological polar surface area (TPSA) is 29.5 Å². The van der Waals surface area contributed by atoms with E-state index < -0.39 is 14.4 Å². The summed E-state index contributed by atoms with van der Waals surface area (Å²) in [5.74, 6) is 0. The van der Waals surface area contributed by atoms with Crippen molar-refractivity contribution in [1.82, 2.24) is 0 Å². The Morgan fingerprint density at radius 3 is 1.84 bits per heavy atom. The second-order valence-electron chi connectivity index (χ2n) is 7.38. The SMILES string of the molecule is CC/C=C/[C@@H](O)CO[Si](c1ccccc1)(c1ccccc1)C(C)(C)C. The Bertz CT molecular complexity index is 620. The van der Waals surface area contributed by atoms with E-state index in [1.165, 1.54) is 10.4 Å². The molecule has 0 heterocycles. The molecule has 0 aliphatic heterocycles. The smallest absolute Gasteiger partial charge is 0.261 e. The van der Waals surface area contributed by atoms with Crippen LogP contribution in [-0.4, -0.2) is 26.1 Å². The Balaban J connectivity index is 2.51. The number of benzene rings is 2. The number of hydrogen-bond acceptors (Lipinski definition) is 2. The van der Waals surface area contributed by atoms with E-state index in [-0.39, 0.29) is 5.04 Å². The van der Waals surface area contributed by atoms with E-state index in [9.17, 15) is 5.11 Å². The van der Waals surface area contributed by atoms with Gasteiger partial charge in [-0.25, -0.2) is 0 Å². The highest BCUT2D eigenvalue weighted by atomic mass is 28.4. The molecule has 0 aliphatic carbocycles. The number of aliphatic hydroxyl groups is 1. The molecule has 25 heavy (non-hydrogen) atoms. The maximum absolute atomic E-state index is 10.3. The Morgan fingerprint density at radius 2 is 1.44 bits per heavy atom. The van der Waals surface area contributed by atoms with Gasteiger partial charge in [0, 0.05) is 0 Å². The highest BCUT2D eigenvalue weighted by molar-refractivity contribution is 6.99. The van der Waals surface area contributed by atoms with E-state index in [0.29, 0.717) is 6.61 Å². The summed E-state index contributed by atoms with van der Waals surface area (Å²) in [4.78, 5) is 0. The average Bonchev–Trinajstić information content (AvgIpc) is 2.61. The lowest BCUT2D eigenvalue weighted by Crippen LogP contribution is -2.67. The molecule has 0 spiro atoms. The van der Waals surface area contributed by atoms with Gasteiger partial charge in [0.05, 0.1) is 12.7 Å². The van der Waals surface area contributed by atoms with E-state index in [1.54, 1.807) is 0 Å². The molecule has 1 N–H and O–H groups in total. The molecular formula is C22H30O2Si. The minimum absolute atomic E-state index is 0.0656. The highest BCUT2D eigenvalue weighted by Crippen LogP contribution is 2.36. The van der Waals surface area contributed by atoms with Gasteiger partial charge in [0.1, 0.15) is 0 Å². The van der Waals surface area contributed by atoms with Crippen molar-refractivity contribution >= 4 is 18.7 Å². The van der Waals surface area contributed by atoms with E-state index >= 15 is 0 Å². The van der Waals surface area contributed by atoms with Crippen LogP contribution in [0.3, 0.4) is 0 Å². The van der Waals surface area contributed by atoms with Gasteiger partial charge in [-0.2, -0.15) is 0 Å². The number of allylic oxidation sites excluding steroid dienone is 1. The fourth-order valence-corrected chi connectivity index (χ4v) is 7.90. The molecule has 0 fully saturated rings. The molecule has 0 bridgehead atoms. The third-order valence-corrected chi connectivity index (χ3v) is 9.49. The van der Waals surface area contributed by atoms with Crippen LogP contribution < -0.4 is 10.4 Å². The molecule has 0 saturated carbocycles. The molecule has 2 aromatic carbocycles. The molecule has 0 aromatic heterocycles. The Hall–Kier alpha value is -1.68. The van der Waals surface area contributed by atoms with Gasteiger partial charge >= 0.3 is 0 Å². The van der Waals surface area contributed by atoms with Gasteiger partial charge in [-0.3, -0.25) is 0 Å². The van der Waals surface area contributed by atoms with Gasteiger partial charge in [0.15, 0.2) is 0 Å². The lowest BCUT2D eigenvalue weighted by Gasteiger charge is -2.43. The van der Waals surface area contributed by atoms with E-state index in [0.717, 1.165) is 6.42 Å². The van der Waals surface area contributed by atoms with Gasteiger partial charge < -0.3 is 9.53 Å². The summed E-state index contributed by atoms with van der Waals surface area (Å²) in [6, 6.07) is 21.0. The summed E-state index contributed by atoms with van der Waals surface area (Å²) in [6.07, 6.45) is 4.15. The van der Waals surface area contributed by atoms with Gasteiger partial charge in [-0.1, -0.05) is 101 Å². The Kier molecular flexibility index (Phi) is 6.76. The van der Waals surface area contributed by atoms with E-state index in [1.807, 2.05) is 24.3 Å². The predicted octanol–water partition coefficient (Wildman–Crippen LogP) is 3.89. The number of aliphatic hydroxyl groups excluding tert-OH is 1. The van der Waals surface area contributed by atoms with Crippen LogP contribution in [0.25, 0.3) is 0 Å². The average molecular weight is 355 g/mol. The van der Waals surface area contributed by atoms with Gasteiger partial charge in [-0.05, 0) is 21.8 Å². The van der Waals surface area contributed by atoms with Crippen molar-refractivity contribution < 1.29 is 9.53 Å². The van der Waals surface area contributed by atoms with Crippen LogP contribution >= 0.6 is 0 Å². The van der Waals surface area contributed by atoms with Crippen LogP contribution in [0.15, 0.2) is 72.8 Å². The van der Waals surface area contributed by atoms with Gasteiger partial charge in [0.25, 0.3) is 8.32 Å². The molecule has 2 aromatic rings. The van der Waals surface area contributed by atoms with Crippen molar-refractivity contribution in [3.8, 4) is 0 Å². The van der Waals surface area contributed by atoms with Crippen LogP contribution in [0.1, 0.15) is 34.1 Å². The minimum Gasteiger partial charge on any atom is -0.404 e. The molecule has 2 rings (SSSR count). The Morgan fingerprint density at radius 1 is 0.960 bits per heavy atom. The van der Waals surface area contributed by atoms with Crippen molar-refractivity contribution in [2.24, 2.45) is 0 Å². The van der Waals surface area contributed by atoms with Crippen molar-refractivity contribution in [2.45, 2.75) is 45.3 Å². The molecule has 0 radical (unpaired) electrons. The van der Waals surface area contributed by atoms with Crippen LogP contribution in [-0.2, 0) is 4.43 Å². The zero-order valence-electron chi connectivity index (χ0n) is 15.8. The first-order chi connectivity index (χ1) is 11.9. The van der Waals surface area contributed by atoms with E-state index in [2.05, 4.69) is 76.2 Å². The third-order valence-electron chi connectivity index (χ3n) is 4.48. The second kappa shape index (κ2) is 8.61. The minimum atomic E-state index is -2.55. The summed E-state index contributed by atoms with van der Waals surface area (Å²) in [6.45, 7) is 9.10. The first-order valence-corrected chi connectivity index (χ1v) is 10.9. The van der Waals surface area contributed by atoms with Crippen molar-refractivity contribution in [2.75, 3.05) is 6.61 Å². The lowest BCUT2D eigenvalue weighted by molar-refractivity contribution is 0.138. The molecule has 0 saturated heterocycles. The van der Waals surface area contributed by atoms with Gasteiger partial charge in [-0.15, -0.1) is 0 Å². The maximum atomic E-state index is 10.3. The van der Waals surface area contributed by atoms with Crippen LogP contribution in [0.2, 0.25) is 5.04 Å². The number of rotatable bonds is 7. The molecule has 1 atom stereocenters. The third kappa shape index (κ3) is 4.49. The first-order valence-electron chi connectivity index (χ1n) is 9.01. The quantitative estimate of drug-likeness (QED) is 0.604. The van der Waals surface area contributed by atoms with Crippen molar-refractivity contribution in [3.63, 3.8) is 0 Å². The second-order valence-corrected chi connectivity index (χ2v) is 11.7. The molecule has 3 heteroatoms. The molecule has 0 aliphatic rings. The predicted molar refractivity (Wildman–Crippen MR) is 109 cm³/mol. The lowest BCUT2D eigenvalue weighted by atomic mass is 10.2. The Labute approximate surface area is 153 Å². The molecule has 0 amide bonds. The zero-order valence-corrected chi connectivity index (χ0v) is 16.8. The number of hydrogen-bond donors (Lipinski definition) is 1. The zero-order chi connectivity index (χ0) is 18.3. The fraction of sp³-hybridized carbons (Fsp3) is 0.364. The summed E-state index contributed by atoms with van der Waals surface area (Å²) in [7, 11) is -2.55. The molecule has 134 valence electrons. The fourth-order valence-electron chi connectivity index (χ4n) is 3.32. The molecule has 0 unspecified atom stereocenters. The first kappa shape index (κ1) is 19.6. The van der Waals surface area contributed by atoms with Crippen molar-refractivity contribution in [3.05, 3.63) is 72.8 Å². The summed E-state index contributed by atoms with van der Waals surface area (Å²) in [5, 5.41) is 12.7. The highest BCUT2D eigenvalue weighted by Gasteiger charge is 2.50. The van der Waals surface area contributed by atoms with Crippen LogP contribution in [0.5, 0.6) is 0 Å².